The summed E-state index contributed by atoms with van der Waals surface area (Å²) in [6.45, 7) is 1.88. The van der Waals surface area contributed by atoms with Gasteiger partial charge in [0.1, 0.15) is 11.6 Å². The molecule has 2 aromatic rings. The van der Waals surface area contributed by atoms with Crippen molar-refractivity contribution < 1.29 is 4.39 Å². The number of benzene rings is 1. The van der Waals surface area contributed by atoms with E-state index in [1.807, 2.05) is 18.4 Å². The number of rotatable bonds is 4. The number of nitriles is 1. The minimum absolute atomic E-state index is 0.00837. The van der Waals surface area contributed by atoms with Crippen LogP contribution in [-0.4, -0.2) is 25.3 Å². The van der Waals surface area contributed by atoms with Crippen molar-refractivity contribution in [1.82, 2.24) is 4.98 Å². The Labute approximate surface area is 126 Å². The minimum Gasteiger partial charge on any atom is -0.377 e. The zero-order valence-corrected chi connectivity index (χ0v) is 12.7. The molecule has 0 aliphatic heterocycles. The Morgan fingerprint density at radius 3 is 2.81 bits per heavy atom. The summed E-state index contributed by atoms with van der Waals surface area (Å²) in [6.07, 6.45) is 1.34. The van der Waals surface area contributed by atoms with Crippen molar-refractivity contribution in [2.75, 3.05) is 24.4 Å². The van der Waals surface area contributed by atoms with Crippen LogP contribution < -0.4 is 10.3 Å². The van der Waals surface area contributed by atoms with Gasteiger partial charge >= 0.3 is 0 Å². The monoisotopic (exact) mass is 303 g/mol. The van der Waals surface area contributed by atoms with Gasteiger partial charge in [-0.1, -0.05) is 0 Å². The number of hydrogen-bond acceptors (Lipinski definition) is 6. The molecule has 0 atom stereocenters. The van der Waals surface area contributed by atoms with Gasteiger partial charge in [-0.25, -0.2) is 9.37 Å². The third-order valence-electron chi connectivity index (χ3n) is 2.73. The predicted molar refractivity (Wildman–Crippen MR) is 83.5 cm³/mol. The molecule has 0 bridgehead atoms. The summed E-state index contributed by atoms with van der Waals surface area (Å²) in [7, 11) is 3.52. The van der Waals surface area contributed by atoms with Crippen LogP contribution in [0.4, 0.5) is 15.2 Å². The lowest BCUT2D eigenvalue weighted by molar-refractivity contribution is 0.622. The molecule has 0 fully saturated rings. The fourth-order valence-electron chi connectivity index (χ4n) is 1.72. The van der Waals surface area contributed by atoms with Crippen molar-refractivity contribution in [3.63, 3.8) is 0 Å². The zero-order valence-electron chi connectivity index (χ0n) is 11.9. The zero-order chi connectivity index (χ0) is 15.4. The maximum Gasteiger partial charge on any atom is 0.203 e. The van der Waals surface area contributed by atoms with Gasteiger partial charge in [0.2, 0.25) is 5.13 Å². The van der Waals surface area contributed by atoms with Crippen molar-refractivity contribution in [3.8, 4) is 6.07 Å². The summed E-state index contributed by atoms with van der Waals surface area (Å²) in [5, 5.41) is 15.6. The molecule has 0 radical (unpaired) electrons. The highest BCUT2D eigenvalue weighted by atomic mass is 32.1. The highest BCUT2D eigenvalue weighted by Gasteiger charge is 2.13. The molecule has 0 saturated carbocycles. The van der Waals surface area contributed by atoms with E-state index in [4.69, 9.17) is 5.26 Å². The van der Waals surface area contributed by atoms with Gasteiger partial charge in [0, 0.05) is 25.0 Å². The topological polar surface area (TPSA) is 64.3 Å². The summed E-state index contributed by atoms with van der Waals surface area (Å²) in [5.41, 5.74) is 4.42. The molecule has 21 heavy (non-hydrogen) atoms. The van der Waals surface area contributed by atoms with Crippen LogP contribution in [0.5, 0.6) is 0 Å². The van der Waals surface area contributed by atoms with Crippen LogP contribution in [0.2, 0.25) is 0 Å². The van der Waals surface area contributed by atoms with Crippen LogP contribution in [0.15, 0.2) is 22.6 Å². The van der Waals surface area contributed by atoms with E-state index < -0.39 is 5.82 Å². The highest BCUT2D eigenvalue weighted by molar-refractivity contribution is 7.13. The van der Waals surface area contributed by atoms with Crippen LogP contribution in [0.1, 0.15) is 16.8 Å². The molecule has 1 aromatic heterocycles. The molecular weight excluding hydrogens is 289 g/mol. The van der Waals surface area contributed by atoms with Gasteiger partial charge in [-0.3, -0.25) is 5.43 Å². The molecule has 1 aromatic carbocycles. The fourth-order valence-corrected chi connectivity index (χ4v) is 2.36. The summed E-state index contributed by atoms with van der Waals surface area (Å²) < 4.78 is 14.2. The molecule has 1 N–H and O–H groups in total. The number of halogens is 1. The smallest absolute Gasteiger partial charge is 0.203 e. The summed E-state index contributed by atoms with van der Waals surface area (Å²) in [4.78, 5) is 5.87. The Hall–Kier alpha value is -2.46. The number of anilines is 2. The van der Waals surface area contributed by atoms with Gasteiger partial charge in [-0.15, -0.1) is 11.3 Å². The molecule has 0 aliphatic rings. The molecule has 1 heterocycles. The standard InChI is InChI=1S/C14H14FN5S/c1-9-8-21-14(18-9)19-17-7-10-4-5-12(20(2)3)11(6-16)13(10)15/h4-5,7-8H,1-3H3,(H,18,19). The number of nitrogens with zero attached hydrogens (tertiary/aromatic N) is 4. The Bertz CT molecular complexity index is 715. The maximum absolute atomic E-state index is 14.2. The fraction of sp³-hybridized carbons (Fsp3) is 0.214. The number of hydrazone groups is 1. The molecule has 7 heteroatoms. The highest BCUT2D eigenvalue weighted by Crippen LogP contribution is 2.23. The SMILES string of the molecule is Cc1csc(NN=Cc2ccc(N(C)C)c(C#N)c2F)n1. The Morgan fingerprint density at radius 2 is 2.24 bits per heavy atom. The first kappa shape index (κ1) is 14.9. The number of hydrogen-bond donors (Lipinski definition) is 1. The van der Waals surface area contributed by atoms with Crippen LogP contribution in [0.3, 0.4) is 0 Å². The molecule has 2 rings (SSSR count). The maximum atomic E-state index is 14.2. The van der Waals surface area contributed by atoms with E-state index in [2.05, 4.69) is 15.5 Å². The van der Waals surface area contributed by atoms with Crippen molar-refractivity contribution >= 4 is 28.4 Å². The molecule has 0 unspecified atom stereocenters. The number of nitrogens with one attached hydrogen (secondary N) is 1. The second kappa shape index (κ2) is 6.33. The van der Waals surface area contributed by atoms with Crippen molar-refractivity contribution in [3.05, 3.63) is 40.2 Å². The summed E-state index contributed by atoms with van der Waals surface area (Å²) in [5.74, 6) is -0.579. The van der Waals surface area contributed by atoms with Gasteiger partial charge in [0.25, 0.3) is 0 Å². The Balaban J connectivity index is 2.23. The van der Waals surface area contributed by atoms with Gasteiger partial charge in [0.15, 0.2) is 5.82 Å². The van der Waals surface area contributed by atoms with Crippen LogP contribution >= 0.6 is 11.3 Å². The first-order chi connectivity index (χ1) is 10.0. The van der Waals surface area contributed by atoms with Gasteiger partial charge < -0.3 is 4.90 Å². The van der Waals surface area contributed by atoms with E-state index in [0.717, 1.165) is 5.69 Å². The average molecular weight is 303 g/mol. The first-order valence-corrected chi connectivity index (χ1v) is 7.02. The van der Waals surface area contributed by atoms with E-state index >= 15 is 0 Å². The summed E-state index contributed by atoms with van der Waals surface area (Å²) >= 11 is 1.41. The van der Waals surface area contributed by atoms with E-state index in [1.54, 1.807) is 31.1 Å². The molecule has 0 spiro atoms. The van der Waals surface area contributed by atoms with E-state index in [9.17, 15) is 4.39 Å². The molecule has 0 aliphatic carbocycles. The van der Waals surface area contributed by atoms with Crippen LogP contribution in [0.25, 0.3) is 0 Å². The predicted octanol–water partition coefficient (Wildman–Crippen LogP) is 2.97. The third kappa shape index (κ3) is 3.35. The van der Waals surface area contributed by atoms with Crippen LogP contribution in [-0.2, 0) is 0 Å². The average Bonchev–Trinajstić information content (AvgIpc) is 2.85. The molecule has 108 valence electrons. The van der Waals surface area contributed by atoms with Gasteiger partial charge in [0.05, 0.1) is 17.6 Å². The molecule has 5 nitrogen and oxygen atoms in total. The van der Waals surface area contributed by atoms with Crippen molar-refractivity contribution in [2.24, 2.45) is 5.10 Å². The quantitative estimate of drug-likeness (QED) is 0.696. The van der Waals surface area contributed by atoms with Crippen molar-refractivity contribution in [1.29, 1.82) is 5.26 Å². The Kier molecular flexibility index (Phi) is 4.50. The van der Waals surface area contributed by atoms with Gasteiger partial charge in [-0.2, -0.15) is 10.4 Å². The summed E-state index contributed by atoms with van der Waals surface area (Å²) in [6, 6.07) is 5.17. The second-order valence-corrected chi connectivity index (χ2v) is 5.39. The largest absolute Gasteiger partial charge is 0.377 e. The lowest BCUT2D eigenvalue weighted by atomic mass is 10.1. The van der Waals surface area contributed by atoms with Gasteiger partial charge in [-0.05, 0) is 19.1 Å². The minimum atomic E-state index is -0.579. The third-order valence-corrected chi connectivity index (χ3v) is 3.59. The normalized spacial score (nSPS) is 10.6. The first-order valence-electron chi connectivity index (χ1n) is 6.14. The molecule has 0 amide bonds. The number of thiazole rings is 1. The lowest BCUT2D eigenvalue weighted by Crippen LogP contribution is -2.12. The van der Waals surface area contributed by atoms with Crippen molar-refractivity contribution in [2.45, 2.75) is 6.92 Å². The number of aromatic nitrogens is 1. The van der Waals surface area contributed by atoms with E-state index in [-0.39, 0.29) is 11.1 Å². The van der Waals surface area contributed by atoms with Crippen LogP contribution in [0, 0.1) is 24.1 Å². The number of aryl methyl sites for hydroxylation is 1. The molecule has 0 saturated heterocycles. The lowest BCUT2D eigenvalue weighted by Gasteiger charge is -2.15. The Morgan fingerprint density at radius 1 is 1.48 bits per heavy atom. The van der Waals surface area contributed by atoms with E-state index in [0.29, 0.717) is 10.8 Å². The van der Waals surface area contributed by atoms with E-state index in [1.165, 1.54) is 17.6 Å². The molecular formula is C14H14FN5S. The second-order valence-electron chi connectivity index (χ2n) is 4.53.